The first kappa shape index (κ1) is 17.5. The minimum Gasteiger partial charge on any atom is -0.354 e. The highest BCUT2D eigenvalue weighted by Crippen LogP contribution is 2.26. The molecule has 0 heterocycles. The Kier molecular flexibility index (Phi) is 7.26. The summed E-state index contributed by atoms with van der Waals surface area (Å²) >= 11 is 11.9. The smallest absolute Gasteiger partial charge is 0.244 e. The first-order chi connectivity index (χ1) is 9.91. The average molecular weight is 329 g/mol. The average Bonchev–Trinajstić information content (AvgIpc) is 2.44. The number of rotatable bonds is 6. The van der Waals surface area contributed by atoms with Gasteiger partial charge in [0.05, 0.1) is 10.0 Å². The molecule has 2 amide bonds. The summed E-state index contributed by atoms with van der Waals surface area (Å²) in [5, 5.41) is 6.23. The minimum absolute atomic E-state index is 0.0366. The summed E-state index contributed by atoms with van der Waals surface area (Å²) in [6.07, 6.45) is 2.97. The zero-order valence-electron chi connectivity index (χ0n) is 12.0. The van der Waals surface area contributed by atoms with Gasteiger partial charge in [-0.05, 0) is 17.7 Å². The third-order valence-electron chi connectivity index (χ3n) is 2.64. The first-order valence-electron chi connectivity index (χ1n) is 6.59. The van der Waals surface area contributed by atoms with Crippen LogP contribution in [-0.2, 0) is 9.59 Å². The molecule has 0 bridgehead atoms. The Bertz CT molecular complexity index is 542. The molecule has 0 unspecified atom stereocenters. The second-order valence-electron chi connectivity index (χ2n) is 4.71. The SMILES string of the molecule is CC(C)C(=O)NCCNC(=O)C=Cc1cccc(Cl)c1Cl. The molecule has 0 fully saturated rings. The maximum absolute atomic E-state index is 11.6. The van der Waals surface area contributed by atoms with E-state index in [1.807, 2.05) is 13.8 Å². The van der Waals surface area contributed by atoms with Crippen LogP contribution in [0.1, 0.15) is 19.4 Å². The fourth-order valence-electron chi connectivity index (χ4n) is 1.45. The summed E-state index contributed by atoms with van der Waals surface area (Å²) in [7, 11) is 0. The van der Waals surface area contributed by atoms with Gasteiger partial charge in [0.2, 0.25) is 11.8 Å². The van der Waals surface area contributed by atoms with Gasteiger partial charge >= 0.3 is 0 Å². The number of benzene rings is 1. The van der Waals surface area contributed by atoms with Crippen molar-refractivity contribution < 1.29 is 9.59 Å². The van der Waals surface area contributed by atoms with Crippen molar-refractivity contribution in [3.8, 4) is 0 Å². The van der Waals surface area contributed by atoms with Crippen LogP contribution in [0, 0.1) is 5.92 Å². The van der Waals surface area contributed by atoms with E-state index < -0.39 is 0 Å². The van der Waals surface area contributed by atoms with Gasteiger partial charge in [-0.25, -0.2) is 0 Å². The van der Waals surface area contributed by atoms with Crippen molar-refractivity contribution in [2.75, 3.05) is 13.1 Å². The molecule has 0 aliphatic rings. The highest BCUT2D eigenvalue weighted by Gasteiger charge is 2.05. The Morgan fingerprint density at radius 3 is 2.52 bits per heavy atom. The summed E-state index contributed by atoms with van der Waals surface area (Å²) in [4.78, 5) is 22.9. The van der Waals surface area contributed by atoms with Crippen molar-refractivity contribution in [3.63, 3.8) is 0 Å². The maximum Gasteiger partial charge on any atom is 0.244 e. The highest BCUT2D eigenvalue weighted by atomic mass is 35.5. The predicted octanol–water partition coefficient (Wildman–Crippen LogP) is 2.89. The van der Waals surface area contributed by atoms with Crippen LogP contribution in [0.2, 0.25) is 10.0 Å². The number of carbonyl (C=O) groups is 2. The molecule has 1 aromatic rings. The molecule has 0 saturated heterocycles. The molecule has 2 N–H and O–H groups in total. The third-order valence-corrected chi connectivity index (χ3v) is 3.48. The Morgan fingerprint density at radius 2 is 1.86 bits per heavy atom. The number of hydrogen-bond acceptors (Lipinski definition) is 2. The summed E-state index contributed by atoms with van der Waals surface area (Å²) < 4.78 is 0. The molecule has 0 radical (unpaired) electrons. The van der Waals surface area contributed by atoms with E-state index in [4.69, 9.17) is 23.2 Å². The second kappa shape index (κ2) is 8.70. The van der Waals surface area contributed by atoms with Crippen LogP contribution in [0.5, 0.6) is 0 Å². The summed E-state index contributed by atoms with van der Waals surface area (Å²) in [5.74, 6) is -0.360. The van der Waals surface area contributed by atoms with E-state index >= 15 is 0 Å². The van der Waals surface area contributed by atoms with Crippen molar-refractivity contribution in [1.82, 2.24) is 10.6 Å². The quantitative estimate of drug-likeness (QED) is 0.623. The van der Waals surface area contributed by atoms with Crippen LogP contribution in [0.4, 0.5) is 0 Å². The van der Waals surface area contributed by atoms with E-state index in [1.165, 1.54) is 6.08 Å². The van der Waals surface area contributed by atoms with E-state index in [0.717, 1.165) is 0 Å². The number of halogens is 2. The van der Waals surface area contributed by atoms with Crippen LogP contribution in [-0.4, -0.2) is 24.9 Å². The highest BCUT2D eigenvalue weighted by molar-refractivity contribution is 6.42. The molecule has 0 aromatic heterocycles. The molecule has 4 nitrogen and oxygen atoms in total. The van der Waals surface area contributed by atoms with Crippen LogP contribution in [0.25, 0.3) is 6.08 Å². The van der Waals surface area contributed by atoms with Crippen molar-refractivity contribution in [2.45, 2.75) is 13.8 Å². The van der Waals surface area contributed by atoms with E-state index in [9.17, 15) is 9.59 Å². The first-order valence-corrected chi connectivity index (χ1v) is 7.35. The Labute approximate surface area is 134 Å². The monoisotopic (exact) mass is 328 g/mol. The molecule has 0 aliphatic heterocycles. The summed E-state index contributed by atoms with van der Waals surface area (Å²) in [5.41, 5.74) is 0.674. The van der Waals surface area contributed by atoms with Crippen molar-refractivity contribution in [1.29, 1.82) is 0 Å². The van der Waals surface area contributed by atoms with Gasteiger partial charge in [-0.2, -0.15) is 0 Å². The second-order valence-corrected chi connectivity index (χ2v) is 5.50. The lowest BCUT2D eigenvalue weighted by atomic mass is 10.2. The zero-order valence-corrected chi connectivity index (χ0v) is 13.5. The van der Waals surface area contributed by atoms with Gasteiger partial charge in [0, 0.05) is 25.1 Å². The fraction of sp³-hybridized carbons (Fsp3) is 0.333. The summed E-state index contributed by atoms with van der Waals surface area (Å²) in [6, 6.07) is 5.20. The van der Waals surface area contributed by atoms with Gasteiger partial charge in [-0.15, -0.1) is 0 Å². The Balaban J connectivity index is 2.38. The molecule has 6 heteroatoms. The van der Waals surface area contributed by atoms with Crippen LogP contribution >= 0.6 is 23.2 Å². The van der Waals surface area contributed by atoms with Crippen LogP contribution in [0.3, 0.4) is 0 Å². The minimum atomic E-state index is -0.259. The van der Waals surface area contributed by atoms with Gasteiger partial charge in [-0.1, -0.05) is 49.2 Å². The molecule has 0 spiro atoms. The number of hydrogen-bond donors (Lipinski definition) is 2. The molecule has 1 aromatic carbocycles. The third kappa shape index (κ3) is 6.19. The molecular formula is C15H18Cl2N2O2. The Morgan fingerprint density at radius 1 is 1.19 bits per heavy atom. The predicted molar refractivity (Wildman–Crippen MR) is 86.4 cm³/mol. The molecule has 0 atom stereocenters. The molecular weight excluding hydrogens is 311 g/mol. The summed E-state index contributed by atoms with van der Waals surface area (Å²) in [6.45, 7) is 4.39. The van der Waals surface area contributed by atoms with Crippen molar-refractivity contribution in [2.24, 2.45) is 5.92 Å². The Hall–Kier alpha value is -1.52. The van der Waals surface area contributed by atoms with E-state index in [1.54, 1.807) is 24.3 Å². The van der Waals surface area contributed by atoms with Gasteiger partial charge < -0.3 is 10.6 Å². The van der Waals surface area contributed by atoms with Crippen LogP contribution < -0.4 is 10.6 Å². The lowest BCUT2D eigenvalue weighted by molar-refractivity contribution is -0.124. The van der Waals surface area contributed by atoms with Gasteiger partial charge in [0.1, 0.15) is 0 Å². The molecule has 114 valence electrons. The largest absolute Gasteiger partial charge is 0.354 e. The molecule has 0 aliphatic carbocycles. The van der Waals surface area contributed by atoms with Crippen molar-refractivity contribution in [3.05, 3.63) is 39.9 Å². The van der Waals surface area contributed by atoms with E-state index in [2.05, 4.69) is 10.6 Å². The van der Waals surface area contributed by atoms with Gasteiger partial charge in [-0.3, -0.25) is 9.59 Å². The normalized spacial score (nSPS) is 10.9. The lowest BCUT2D eigenvalue weighted by Gasteiger charge is -2.07. The van der Waals surface area contributed by atoms with E-state index in [0.29, 0.717) is 28.7 Å². The maximum atomic E-state index is 11.6. The van der Waals surface area contributed by atoms with Crippen molar-refractivity contribution >= 4 is 41.1 Å². The van der Waals surface area contributed by atoms with Gasteiger partial charge in [0.15, 0.2) is 0 Å². The topological polar surface area (TPSA) is 58.2 Å². The number of amides is 2. The molecule has 0 saturated carbocycles. The van der Waals surface area contributed by atoms with Gasteiger partial charge in [0.25, 0.3) is 0 Å². The molecule has 1 rings (SSSR count). The van der Waals surface area contributed by atoms with Crippen LogP contribution in [0.15, 0.2) is 24.3 Å². The molecule has 21 heavy (non-hydrogen) atoms. The van der Waals surface area contributed by atoms with E-state index in [-0.39, 0.29) is 17.7 Å². The zero-order chi connectivity index (χ0) is 15.8. The fourth-order valence-corrected chi connectivity index (χ4v) is 1.82. The number of nitrogens with one attached hydrogen (secondary N) is 2. The standard InChI is InChI=1S/C15H18Cl2N2O2/c1-10(2)15(21)19-9-8-18-13(20)7-6-11-4-3-5-12(16)14(11)17/h3-7,10H,8-9H2,1-2H3,(H,18,20)(H,19,21). The lowest BCUT2D eigenvalue weighted by Crippen LogP contribution is -2.35. The number of carbonyl (C=O) groups excluding carboxylic acids is 2.